The molecule has 0 aromatic carbocycles. The van der Waals surface area contributed by atoms with Gasteiger partial charge in [0, 0.05) is 11.8 Å². The van der Waals surface area contributed by atoms with Gasteiger partial charge in [0.2, 0.25) is 0 Å². The Morgan fingerprint density at radius 2 is 1.95 bits per heavy atom. The molecule has 0 heterocycles. The molecular formula is C21H34O. The Hall–Kier alpha value is -0.850. The molecule has 0 aromatic rings. The van der Waals surface area contributed by atoms with Gasteiger partial charge in [0.15, 0.2) is 0 Å². The lowest BCUT2D eigenvalue weighted by Crippen LogP contribution is -2.37. The molecule has 2 aliphatic carbocycles. The van der Waals surface area contributed by atoms with E-state index in [2.05, 4.69) is 59.8 Å². The minimum atomic E-state index is -0.164. The van der Waals surface area contributed by atoms with Crippen LogP contribution in [0.3, 0.4) is 0 Å². The second kappa shape index (κ2) is 6.72. The van der Waals surface area contributed by atoms with Crippen molar-refractivity contribution in [3.05, 3.63) is 23.8 Å². The van der Waals surface area contributed by atoms with E-state index in [4.69, 9.17) is 0 Å². The molecule has 2 unspecified atom stereocenters. The normalized spacial score (nSPS) is 35.0. The maximum atomic E-state index is 12.8. The molecule has 124 valence electrons. The van der Waals surface area contributed by atoms with E-state index in [-0.39, 0.29) is 5.41 Å². The van der Waals surface area contributed by atoms with Gasteiger partial charge in [-0.1, -0.05) is 66.2 Å². The van der Waals surface area contributed by atoms with E-state index < -0.39 is 0 Å². The second-order valence-corrected chi connectivity index (χ2v) is 8.32. The average molecular weight is 303 g/mol. The number of Topliss-reactive ketones (excluding diaryl/α,β-unsaturated/α-hetero) is 1. The molecule has 0 N–H and O–H groups in total. The van der Waals surface area contributed by atoms with Crippen LogP contribution in [-0.4, -0.2) is 5.78 Å². The molecule has 22 heavy (non-hydrogen) atoms. The predicted molar refractivity (Wildman–Crippen MR) is 94.6 cm³/mol. The lowest BCUT2D eigenvalue weighted by atomic mass is 9.61. The van der Waals surface area contributed by atoms with Gasteiger partial charge in [0.05, 0.1) is 0 Å². The van der Waals surface area contributed by atoms with Crippen LogP contribution >= 0.6 is 0 Å². The maximum absolute atomic E-state index is 12.8. The SMILES string of the molecule is CCC1[C@@H]2C(=C[C@H](C)CC2CC(=O)C(C)(C)CC)C=C[C@@H]1C. The molecule has 0 saturated carbocycles. The number of hydrogen-bond donors (Lipinski definition) is 0. The van der Waals surface area contributed by atoms with Crippen molar-refractivity contribution in [2.24, 2.45) is 35.0 Å². The van der Waals surface area contributed by atoms with Crippen molar-refractivity contribution in [2.75, 3.05) is 0 Å². The smallest absolute Gasteiger partial charge is 0.138 e. The zero-order valence-electron chi connectivity index (χ0n) is 15.4. The summed E-state index contributed by atoms with van der Waals surface area (Å²) in [4.78, 5) is 12.8. The van der Waals surface area contributed by atoms with E-state index in [9.17, 15) is 4.79 Å². The molecule has 2 rings (SSSR count). The van der Waals surface area contributed by atoms with Crippen LogP contribution in [0.1, 0.15) is 67.2 Å². The number of ketones is 1. The van der Waals surface area contributed by atoms with Crippen molar-refractivity contribution >= 4 is 5.78 Å². The molecule has 0 amide bonds. The van der Waals surface area contributed by atoms with Gasteiger partial charge in [-0.05, 0) is 48.0 Å². The lowest BCUT2D eigenvalue weighted by molar-refractivity contribution is -0.129. The summed E-state index contributed by atoms with van der Waals surface area (Å²) in [5.74, 6) is 3.53. The number of rotatable bonds is 5. The number of carbonyl (C=O) groups is 1. The second-order valence-electron chi connectivity index (χ2n) is 8.32. The monoisotopic (exact) mass is 302 g/mol. The molecule has 0 aliphatic heterocycles. The topological polar surface area (TPSA) is 17.1 Å². The highest BCUT2D eigenvalue weighted by atomic mass is 16.1. The van der Waals surface area contributed by atoms with Crippen molar-refractivity contribution in [2.45, 2.75) is 67.2 Å². The van der Waals surface area contributed by atoms with Gasteiger partial charge in [-0.3, -0.25) is 4.79 Å². The molecule has 0 radical (unpaired) electrons. The molecule has 5 atom stereocenters. The summed E-state index contributed by atoms with van der Waals surface area (Å²) in [7, 11) is 0. The van der Waals surface area contributed by atoms with Crippen LogP contribution in [0.15, 0.2) is 23.8 Å². The van der Waals surface area contributed by atoms with Crippen molar-refractivity contribution in [1.29, 1.82) is 0 Å². The van der Waals surface area contributed by atoms with Gasteiger partial charge in [-0.25, -0.2) is 0 Å². The summed E-state index contributed by atoms with van der Waals surface area (Å²) in [5.41, 5.74) is 1.35. The highest BCUT2D eigenvalue weighted by molar-refractivity contribution is 5.84. The van der Waals surface area contributed by atoms with Crippen molar-refractivity contribution in [3.8, 4) is 0 Å². The Balaban J connectivity index is 2.26. The highest BCUT2D eigenvalue weighted by Crippen LogP contribution is 2.47. The van der Waals surface area contributed by atoms with Crippen LogP contribution in [0.2, 0.25) is 0 Å². The van der Waals surface area contributed by atoms with Gasteiger partial charge >= 0.3 is 0 Å². The zero-order valence-corrected chi connectivity index (χ0v) is 15.4. The van der Waals surface area contributed by atoms with E-state index >= 15 is 0 Å². The number of allylic oxidation sites excluding steroid dienone is 4. The first kappa shape index (κ1) is 17.5. The van der Waals surface area contributed by atoms with E-state index in [0.29, 0.717) is 35.4 Å². The van der Waals surface area contributed by atoms with Crippen molar-refractivity contribution < 1.29 is 4.79 Å². The van der Waals surface area contributed by atoms with Gasteiger partial charge in [-0.2, -0.15) is 0 Å². The molecule has 0 aromatic heterocycles. The number of hydrogen-bond acceptors (Lipinski definition) is 1. The number of carbonyl (C=O) groups excluding carboxylic acids is 1. The molecule has 0 bridgehead atoms. The van der Waals surface area contributed by atoms with Crippen LogP contribution in [0.4, 0.5) is 0 Å². The van der Waals surface area contributed by atoms with Crippen molar-refractivity contribution in [3.63, 3.8) is 0 Å². The van der Waals surface area contributed by atoms with Crippen molar-refractivity contribution in [1.82, 2.24) is 0 Å². The van der Waals surface area contributed by atoms with Crippen LogP contribution in [0.5, 0.6) is 0 Å². The largest absolute Gasteiger partial charge is 0.299 e. The average Bonchev–Trinajstić information content (AvgIpc) is 2.47. The zero-order chi connectivity index (χ0) is 16.5. The molecule has 2 aliphatic rings. The third-order valence-electron chi connectivity index (χ3n) is 6.33. The van der Waals surface area contributed by atoms with Crippen LogP contribution < -0.4 is 0 Å². The van der Waals surface area contributed by atoms with Crippen LogP contribution in [0, 0.1) is 35.0 Å². The highest BCUT2D eigenvalue weighted by Gasteiger charge is 2.40. The maximum Gasteiger partial charge on any atom is 0.138 e. The number of fused-ring (bicyclic) bond motifs is 1. The first-order chi connectivity index (χ1) is 10.3. The Kier molecular flexibility index (Phi) is 5.35. The summed E-state index contributed by atoms with van der Waals surface area (Å²) in [6.07, 6.45) is 11.3. The first-order valence-corrected chi connectivity index (χ1v) is 9.23. The third-order valence-corrected chi connectivity index (χ3v) is 6.33. The van der Waals surface area contributed by atoms with Gasteiger partial charge in [0.1, 0.15) is 5.78 Å². The van der Waals surface area contributed by atoms with Crippen LogP contribution in [-0.2, 0) is 4.79 Å². The first-order valence-electron chi connectivity index (χ1n) is 9.23. The Morgan fingerprint density at radius 1 is 1.27 bits per heavy atom. The summed E-state index contributed by atoms with van der Waals surface area (Å²) < 4.78 is 0. The third kappa shape index (κ3) is 3.39. The Bertz CT molecular complexity index is 468. The quantitative estimate of drug-likeness (QED) is 0.626. The summed E-state index contributed by atoms with van der Waals surface area (Å²) in [6.45, 7) is 13.3. The van der Waals surface area contributed by atoms with Gasteiger partial charge < -0.3 is 0 Å². The molecule has 0 spiro atoms. The van der Waals surface area contributed by atoms with Gasteiger partial charge in [-0.15, -0.1) is 0 Å². The fraction of sp³-hybridized carbons (Fsp3) is 0.762. The minimum absolute atomic E-state index is 0.164. The molecule has 0 saturated heterocycles. The van der Waals surface area contributed by atoms with Gasteiger partial charge in [0.25, 0.3) is 0 Å². The molecule has 0 fully saturated rings. The summed E-state index contributed by atoms with van der Waals surface area (Å²) in [5, 5.41) is 0. The fourth-order valence-electron chi connectivity index (χ4n) is 4.45. The fourth-order valence-corrected chi connectivity index (χ4v) is 4.45. The van der Waals surface area contributed by atoms with Crippen LogP contribution in [0.25, 0.3) is 0 Å². The predicted octanol–water partition coefficient (Wildman–Crippen LogP) is 5.81. The van der Waals surface area contributed by atoms with E-state index in [1.54, 1.807) is 0 Å². The lowest BCUT2D eigenvalue weighted by Gasteiger charge is -2.44. The molecule has 1 nitrogen and oxygen atoms in total. The van der Waals surface area contributed by atoms with E-state index in [1.165, 1.54) is 18.4 Å². The summed E-state index contributed by atoms with van der Waals surface area (Å²) in [6, 6.07) is 0. The molecular weight excluding hydrogens is 268 g/mol. The Morgan fingerprint density at radius 3 is 2.55 bits per heavy atom. The standard InChI is InChI=1S/C21H34O/c1-7-18-15(4)9-10-16-11-14(3)12-17(20(16)18)13-19(22)21(5,6)8-2/h9-11,14-15,17-18,20H,7-8,12-13H2,1-6H3/t14-,15-,17?,18?,20+/m0/s1. The van der Waals surface area contributed by atoms with E-state index in [1.807, 2.05) is 0 Å². The summed E-state index contributed by atoms with van der Waals surface area (Å²) >= 11 is 0. The molecule has 1 heteroatoms. The minimum Gasteiger partial charge on any atom is -0.299 e. The Labute approximate surface area is 137 Å². The van der Waals surface area contributed by atoms with E-state index in [0.717, 1.165) is 12.8 Å².